The van der Waals surface area contributed by atoms with Gasteiger partial charge in [0, 0.05) is 30.1 Å². The molecule has 3 heterocycles. The number of piperidine rings is 1. The van der Waals surface area contributed by atoms with Gasteiger partial charge in [-0.2, -0.15) is 5.10 Å². The average Bonchev–Trinajstić information content (AvgIpc) is 3.12. The van der Waals surface area contributed by atoms with Crippen molar-refractivity contribution in [2.24, 2.45) is 5.92 Å². The molecule has 2 N–H and O–H groups in total. The summed E-state index contributed by atoms with van der Waals surface area (Å²) in [5.74, 6) is 1.67. The highest BCUT2D eigenvalue weighted by Gasteiger charge is 2.21. The van der Waals surface area contributed by atoms with Gasteiger partial charge >= 0.3 is 0 Å². The van der Waals surface area contributed by atoms with E-state index in [0.717, 1.165) is 49.6 Å². The van der Waals surface area contributed by atoms with E-state index in [1.165, 1.54) is 0 Å². The van der Waals surface area contributed by atoms with E-state index >= 15 is 0 Å². The second-order valence-corrected chi connectivity index (χ2v) is 8.00. The van der Waals surface area contributed by atoms with Crippen molar-refractivity contribution >= 4 is 23.2 Å². The Kier molecular flexibility index (Phi) is 6.06. The number of benzene rings is 1. The number of aromatic amines is 1. The van der Waals surface area contributed by atoms with Gasteiger partial charge in [-0.15, -0.1) is 0 Å². The number of rotatable bonds is 6. The van der Waals surface area contributed by atoms with Crippen molar-refractivity contribution < 1.29 is 4.39 Å². The van der Waals surface area contributed by atoms with Crippen LogP contribution in [0.1, 0.15) is 29.8 Å². The van der Waals surface area contributed by atoms with Crippen LogP contribution >= 0.6 is 11.6 Å². The van der Waals surface area contributed by atoms with Gasteiger partial charge in [-0.1, -0.05) is 23.7 Å². The number of aromatic nitrogens is 4. The van der Waals surface area contributed by atoms with Crippen molar-refractivity contribution in [2.45, 2.75) is 32.7 Å². The molecule has 0 radical (unpaired) electrons. The van der Waals surface area contributed by atoms with E-state index in [1.54, 1.807) is 18.3 Å². The van der Waals surface area contributed by atoms with E-state index in [9.17, 15) is 4.39 Å². The van der Waals surface area contributed by atoms with Crippen LogP contribution in [-0.2, 0) is 13.0 Å². The Bertz CT molecular complexity index is 967. The second-order valence-electron chi connectivity index (χ2n) is 7.59. The molecule has 6 nitrogen and oxygen atoms in total. The highest BCUT2D eigenvalue weighted by atomic mass is 35.5. The molecular formula is C21H24ClFN6. The molecule has 1 aliphatic rings. The summed E-state index contributed by atoms with van der Waals surface area (Å²) in [5, 5.41) is 10.4. The minimum Gasteiger partial charge on any atom is -0.322 e. The van der Waals surface area contributed by atoms with Crippen LogP contribution in [0.5, 0.6) is 0 Å². The Morgan fingerprint density at radius 2 is 2.07 bits per heavy atom. The van der Waals surface area contributed by atoms with E-state index in [4.69, 9.17) is 11.6 Å². The zero-order chi connectivity index (χ0) is 20.2. The maximum Gasteiger partial charge on any atom is 0.153 e. The Morgan fingerprint density at radius 3 is 2.83 bits per heavy atom. The molecule has 29 heavy (non-hydrogen) atoms. The zero-order valence-corrected chi connectivity index (χ0v) is 17.1. The number of aryl methyl sites for hydroxylation is 1. The fourth-order valence-corrected chi connectivity index (χ4v) is 3.93. The highest BCUT2D eigenvalue weighted by Crippen LogP contribution is 2.25. The topological polar surface area (TPSA) is 69.7 Å². The molecule has 0 atom stereocenters. The lowest BCUT2D eigenvalue weighted by atomic mass is 9.92. The predicted molar refractivity (Wildman–Crippen MR) is 112 cm³/mol. The molecule has 0 aliphatic carbocycles. The summed E-state index contributed by atoms with van der Waals surface area (Å²) in [5.41, 5.74) is 2.62. The van der Waals surface area contributed by atoms with E-state index in [2.05, 4.69) is 30.4 Å². The normalized spacial score (nSPS) is 15.6. The molecule has 1 aromatic carbocycles. The number of hydrogen-bond acceptors (Lipinski definition) is 5. The first-order valence-electron chi connectivity index (χ1n) is 9.82. The van der Waals surface area contributed by atoms with E-state index in [1.807, 2.05) is 25.3 Å². The van der Waals surface area contributed by atoms with Crippen LogP contribution in [0.3, 0.4) is 0 Å². The van der Waals surface area contributed by atoms with Crippen LogP contribution < -0.4 is 5.32 Å². The molecular weight excluding hydrogens is 391 g/mol. The first kappa shape index (κ1) is 19.8. The molecule has 0 bridgehead atoms. The van der Waals surface area contributed by atoms with Gasteiger partial charge in [-0.05, 0) is 51.3 Å². The minimum absolute atomic E-state index is 0.189. The highest BCUT2D eigenvalue weighted by molar-refractivity contribution is 6.30. The van der Waals surface area contributed by atoms with Crippen molar-refractivity contribution in [3.05, 3.63) is 64.5 Å². The third-order valence-corrected chi connectivity index (χ3v) is 5.57. The van der Waals surface area contributed by atoms with Gasteiger partial charge in [0.15, 0.2) is 5.82 Å². The predicted octanol–water partition coefficient (Wildman–Crippen LogP) is 4.50. The second kappa shape index (κ2) is 8.88. The molecule has 8 heteroatoms. The van der Waals surface area contributed by atoms with Gasteiger partial charge in [0.25, 0.3) is 0 Å². The van der Waals surface area contributed by atoms with Crippen molar-refractivity contribution in [3.63, 3.8) is 0 Å². The lowest BCUT2D eigenvalue weighted by Crippen LogP contribution is -2.34. The number of nitrogens with zero attached hydrogens (tertiary/aromatic N) is 4. The third kappa shape index (κ3) is 5.10. The number of halogens is 2. The van der Waals surface area contributed by atoms with Crippen LogP contribution in [0.2, 0.25) is 5.02 Å². The van der Waals surface area contributed by atoms with Crippen LogP contribution in [0.15, 0.2) is 36.7 Å². The minimum atomic E-state index is -0.303. The molecule has 1 aliphatic heterocycles. The largest absolute Gasteiger partial charge is 0.322 e. The molecule has 0 unspecified atom stereocenters. The van der Waals surface area contributed by atoms with Gasteiger partial charge in [-0.25, -0.2) is 9.37 Å². The third-order valence-electron chi connectivity index (χ3n) is 5.28. The van der Waals surface area contributed by atoms with Crippen molar-refractivity contribution in [2.75, 3.05) is 18.4 Å². The summed E-state index contributed by atoms with van der Waals surface area (Å²) in [6.07, 6.45) is 6.53. The molecule has 4 rings (SSSR count). The van der Waals surface area contributed by atoms with Gasteiger partial charge in [0.2, 0.25) is 0 Å². The average molecular weight is 415 g/mol. The lowest BCUT2D eigenvalue weighted by molar-refractivity contribution is 0.175. The Morgan fingerprint density at radius 1 is 1.24 bits per heavy atom. The smallest absolute Gasteiger partial charge is 0.153 e. The standard InChI is InChI=1S/C21H24ClFN6/c1-14-9-19(28-27-14)26-20-12-24-11-17(25-20)10-15-5-7-29(8-6-15)13-16-3-2-4-18(22)21(16)23/h2-4,9,11-12,15H,5-8,10,13H2,1H3,(H2,25,26,27,28). The lowest BCUT2D eigenvalue weighted by Gasteiger charge is -2.32. The molecule has 1 saturated heterocycles. The number of H-pyrrole nitrogens is 1. The molecule has 0 saturated carbocycles. The SMILES string of the molecule is Cc1cc(Nc2cncc(CC3CCN(Cc4cccc(Cl)c4F)CC3)n2)n[nH]1. The Labute approximate surface area is 174 Å². The van der Waals surface area contributed by atoms with E-state index in [0.29, 0.717) is 23.8 Å². The molecule has 1 fully saturated rings. The van der Waals surface area contributed by atoms with Crippen LogP contribution in [0.25, 0.3) is 0 Å². The van der Waals surface area contributed by atoms with E-state index in [-0.39, 0.29) is 10.8 Å². The monoisotopic (exact) mass is 414 g/mol. The quantitative estimate of drug-likeness (QED) is 0.621. The fourth-order valence-electron chi connectivity index (χ4n) is 3.73. The molecule has 0 spiro atoms. The summed E-state index contributed by atoms with van der Waals surface area (Å²) >= 11 is 5.89. The van der Waals surface area contributed by atoms with Crippen molar-refractivity contribution in [3.8, 4) is 0 Å². The molecule has 152 valence electrons. The zero-order valence-electron chi connectivity index (χ0n) is 16.3. The maximum atomic E-state index is 14.1. The van der Waals surface area contributed by atoms with Crippen LogP contribution in [0.4, 0.5) is 16.0 Å². The van der Waals surface area contributed by atoms with Crippen LogP contribution in [-0.4, -0.2) is 38.2 Å². The van der Waals surface area contributed by atoms with Gasteiger partial charge < -0.3 is 5.32 Å². The summed E-state index contributed by atoms with van der Waals surface area (Å²) in [7, 11) is 0. The summed E-state index contributed by atoms with van der Waals surface area (Å²) in [4.78, 5) is 11.3. The molecule has 0 amide bonds. The number of nitrogens with one attached hydrogen (secondary N) is 2. The van der Waals surface area contributed by atoms with Gasteiger partial charge in [-0.3, -0.25) is 15.0 Å². The number of hydrogen-bond donors (Lipinski definition) is 2. The summed E-state index contributed by atoms with van der Waals surface area (Å²) < 4.78 is 14.1. The van der Waals surface area contributed by atoms with Crippen LogP contribution in [0, 0.1) is 18.7 Å². The van der Waals surface area contributed by atoms with Crippen molar-refractivity contribution in [1.29, 1.82) is 0 Å². The summed E-state index contributed by atoms with van der Waals surface area (Å²) in [6, 6.07) is 7.12. The summed E-state index contributed by atoms with van der Waals surface area (Å²) in [6.45, 7) is 4.43. The molecule has 2 aromatic heterocycles. The maximum absolute atomic E-state index is 14.1. The van der Waals surface area contributed by atoms with Gasteiger partial charge in [0.05, 0.1) is 16.9 Å². The number of likely N-dealkylation sites (tertiary alicyclic amines) is 1. The first-order valence-corrected chi connectivity index (χ1v) is 10.2. The first-order chi connectivity index (χ1) is 14.1. The van der Waals surface area contributed by atoms with Gasteiger partial charge in [0.1, 0.15) is 11.6 Å². The molecule has 3 aromatic rings. The fraction of sp³-hybridized carbons (Fsp3) is 0.381. The number of anilines is 2. The Hall–Kier alpha value is -2.51. The Balaban J connectivity index is 1.30. The van der Waals surface area contributed by atoms with E-state index < -0.39 is 0 Å². The van der Waals surface area contributed by atoms with Crippen molar-refractivity contribution in [1.82, 2.24) is 25.1 Å².